The molecule has 1 fully saturated rings. The van der Waals surface area contributed by atoms with E-state index >= 15 is 0 Å². The molecule has 2 aromatic rings. The Hall–Kier alpha value is -2.48. The number of rotatable bonds is 5. The van der Waals surface area contributed by atoms with Crippen LogP contribution in [0.5, 0.6) is 0 Å². The third-order valence-corrected chi connectivity index (χ3v) is 6.51. The van der Waals surface area contributed by atoms with E-state index in [-0.39, 0.29) is 12.5 Å². The van der Waals surface area contributed by atoms with E-state index in [1.807, 2.05) is 18.2 Å². The van der Waals surface area contributed by atoms with Crippen molar-refractivity contribution in [2.24, 2.45) is 5.73 Å². The number of aryl methyl sites for hydroxylation is 1. The highest BCUT2D eigenvalue weighted by Gasteiger charge is 2.48. The summed E-state index contributed by atoms with van der Waals surface area (Å²) in [6, 6.07) is 8.49. The first-order valence-corrected chi connectivity index (χ1v) is 11.0. The topological polar surface area (TPSA) is 109 Å². The van der Waals surface area contributed by atoms with Gasteiger partial charge < -0.3 is 21.1 Å². The van der Waals surface area contributed by atoms with Gasteiger partial charge >= 0.3 is 0 Å². The molecular formula is C23H27ClN4O3. The van der Waals surface area contributed by atoms with Crippen LogP contribution in [0.15, 0.2) is 36.5 Å². The number of aromatic nitrogens is 1. The summed E-state index contributed by atoms with van der Waals surface area (Å²) in [5.74, 6) is -0.676. The van der Waals surface area contributed by atoms with Gasteiger partial charge in [-0.1, -0.05) is 23.7 Å². The Bertz CT molecular complexity index is 999. The maximum atomic E-state index is 13.4. The van der Waals surface area contributed by atoms with Crippen LogP contribution in [0.1, 0.15) is 48.1 Å². The van der Waals surface area contributed by atoms with Gasteiger partial charge in [0, 0.05) is 30.9 Å². The van der Waals surface area contributed by atoms with Crippen molar-refractivity contribution in [3.8, 4) is 0 Å². The molecule has 2 amide bonds. The highest BCUT2D eigenvalue weighted by molar-refractivity contribution is 6.30. The number of hydrogen-bond donors (Lipinski definition) is 3. The molecule has 4 rings (SSSR count). The minimum absolute atomic E-state index is 0.241. The van der Waals surface area contributed by atoms with Crippen molar-refractivity contribution >= 4 is 23.4 Å². The average molecular weight is 443 g/mol. The summed E-state index contributed by atoms with van der Waals surface area (Å²) < 4.78 is 0. The Morgan fingerprint density at radius 3 is 2.94 bits per heavy atom. The van der Waals surface area contributed by atoms with Crippen LogP contribution in [0.4, 0.5) is 0 Å². The summed E-state index contributed by atoms with van der Waals surface area (Å²) in [7, 11) is 0. The molecule has 0 spiro atoms. The van der Waals surface area contributed by atoms with Gasteiger partial charge in [0.15, 0.2) is 5.60 Å². The lowest BCUT2D eigenvalue weighted by Crippen LogP contribution is -2.54. The van der Waals surface area contributed by atoms with Crippen LogP contribution in [-0.4, -0.2) is 39.4 Å². The lowest BCUT2D eigenvalue weighted by atomic mass is 9.81. The Labute approximate surface area is 186 Å². The number of amides is 2. The lowest BCUT2D eigenvalue weighted by Gasteiger charge is -2.36. The molecule has 0 radical (unpaired) electrons. The van der Waals surface area contributed by atoms with E-state index in [0.29, 0.717) is 49.5 Å². The van der Waals surface area contributed by atoms with Gasteiger partial charge in [-0.05, 0) is 67.0 Å². The molecule has 31 heavy (non-hydrogen) atoms. The molecular weight excluding hydrogens is 416 g/mol. The standard InChI is InChI=1S/C23H27ClN4O3/c24-18-8-7-16(13-25)17(12-18)14-27-21(29)19-6-3-11-28(19)22(30)23(31)9-1-4-15-5-2-10-26-20(15)23/h2,5,7-8,10,12,19,31H,1,3-4,6,9,11,13-14,25H2,(H,27,29). The summed E-state index contributed by atoms with van der Waals surface area (Å²) in [5.41, 5.74) is 7.17. The first-order chi connectivity index (χ1) is 14.9. The highest BCUT2D eigenvalue weighted by atomic mass is 35.5. The number of benzene rings is 1. The zero-order valence-electron chi connectivity index (χ0n) is 17.3. The molecule has 7 nitrogen and oxygen atoms in total. The molecule has 1 aromatic heterocycles. The van der Waals surface area contributed by atoms with Crippen molar-refractivity contribution < 1.29 is 14.7 Å². The lowest BCUT2D eigenvalue weighted by molar-refractivity contribution is -0.158. The molecule has 0 saturated carbocycles. The van der Waals surface area contributed by atoms with Crippen LogP contribution < -0.4 is 11.1 Å². The third-order valence-electron chi connectivity index (χ3n) is 6.28. The Kier molecular flexibility index (Phi) is 6.27. The zero-order valence-corrected chi connectivity index (χ0v) is 18.1. The number of hydrogen-bond acceptors (Lipinski definition) is 5. The average Bonchev–Trinajstić information content (AvgIpc) is 3.27. The van der Waals surface area contributed by atoms with Gasteiger partial charge in [-0.2, -0.15) is 0 Å². The molecule has 2 unspecified atom stereocenters. The summed E-state index contributed by atoms with van der Waals surface area (Å²) in [6.45, 7) is 1.06. The van der Waals surface area contributed by atoms with E-state index in [0.717, 1.165) is 23.1 Å². The predicted molar refractivity (Wildman–Crippen MR) is 117 cm³/mol. The second-order valence-electron chi connectivity index (χ2n) is 8.22. The molecule has 8 heteroatoms. The Morgan fingerprint density at radius 2 is 2.13 bits per heavy atom. The second kappa shape index (κ2) is 8.94. The van der Waals surface area contributed by atoms with Crippen LogP contribution >= 0.6 is 11.6 Å². The number of fused-ring (bicyclic) bond motifs is 1. The van der Waals surface area contributed by atoms with Gasteiger partial charge in [-0.25, -0.2) is 0 Å². The summed E-state index contributed by atoms with van der Waals surface area (Å²) >= 11 is 6.08. The predicted octanol–water partition coefficient (Wildman–Crippen LogP) is 2.02. The fourth-order valence-electron chi connectivity index (χ4n) is 4.65. The van der Waals surface area contributed by atoms with Gasteiger partial charge in [0.1, 0.15) is 6.04 Å². The van der Waals surface area contributed by atoms with Crippen molar-refractivity contribution in [2.75, 3.05) is 6.54 Å². The fraction of sp³-hybridized carbons (Fsp3) is 0.435. The maximum absolute atomic E-state index is 13.4. The Morgan fingerprint density at radius 1 is 1.29 bits per heavy atom. The monoisotopic (exact) mass is 442 g/mol. The van der Waals surface area contributed by atoms with Crippen molar-refractivity contribution in [3.05, 3.63) is 63.9 Å². The number of aliphatic hydroxyl groups is 1. The largest absolute Gasteiger partial charge is 0.374 e. The number of carbonyl (C=O) groups excluding carboxylic acids is 2. The first kappa shape index (κ1) is 21.7. The minimum Gasteiger partial charge on any atom is -0.374 e. The van der Waals surface area contributed by atoms with Crippen molar-refractivity contribution in [2.45, 2.75) is 56.8 Å². The van der Waals surface area contributed by atoms with Crippen molar-refractivity contribution in [1.82, 2.24) is 15.2 Å². The van der Waals surface area contributed by atoms with Gasteiger partial charge in [-0.15, -0.1) is 0 Å². The van der Waals surface area contributed by atoms with E-state index in [2.05, 4.69) is 10.3 Å². The normalized spacial score (nSPS) is 22.8. The minimum atomic E-state index is -1.68. The number of halogens is 1. The Balaban J connectivity index is 1.50. The SMILES string of the molecule is NCc1ccc(Cl)cc1CNC(=O)C1CCCN1C(=O)C1(O)CCCc2cccnc21. The maximum Gasteiger partial charge on any atom is 0.261 e. The molecule has 0 bridgehead atoms. The molecule has 1 aliphatic heterocycles. The molecule has 2 heterocycles. The summed E-state index contributed by atoms with van der Waals surface area (Å²) in [6.07, 6.45) is 4.65. The third kappa shape index (κ3) is 4.18. The number of pyridine rings is 1. The molecule has 1 aromatic carbocycles. The van der Waals surface area contributed by atoms with Crippen molar-refractivity contribution in [1.29, 1.82) is 0 Å². The molecule has 4 N–H and O–H groups in total. The number of nitrogens with one attached hydrogen (secondary N) is 1. The van der Waals surface area contributed by atoms with Crippen LogP contribution in [-0.2, 0) is 34.7 Å². The quantitative estimate of drug-likeness (QED) is 0.656. The number of nitrogens with zero attached hydrogens (tertiary/aromatic N) is 2. The molecule has 1 saturated heterocycles. The van der Waals surface area contributed by atoms with Gasteiger partial charge in [0.2, 0.25) is 5.91 Å². The second-order valence-corrected chi connectivity index (χ2v) is 8.65. The van der Waals surface area contributed by atoms with Crippen LogP contribution in [0, 0.1) is 0 Å². The summed E-state index contributed by atoms with van der Waals surface area (Å²) in [5, 5.41) is 14.8. The van der Waals surface area contributed by atoms with E-state index in [4.69, 9.17) is 17.3 Å². The van der Waals surface area contributed by atoms with E-state index in [1.165, 1.54) is 4.90 Å². The van der Waals surface area contributed by atoms with Gasteiger partial charge in [0.05, 0.1) is 5.69 Å². The summed E-state index contributed by atoms with van der Waals surface area (Å²) in [4.78, 5) is 32.3. The molecule has 2 atom stereocenters. The van der Waals surface area contributed by atoms with Crippen LogP contribution in [0.2, 0.25) is 5.02 Å². The number of likely N-dealkylation sites (tertiary alicyclic amines) is 1. The molecule has 1 aliphatic carbocycles. The van der Waals surface area contributed by atoms with E-state index < -0.39 is 17.6 Å². The first-order valence-electron chi connectivity index (χ1n) is 10.7. The number of carbonyl (C=O) groups is 2. The van der Waals surface area contributed by atoms with Crippen LogP contribution in [0.25, 0.3) is 0 Å². The fourth-order valence-corrected chi connectivity index (χ4v) is 4.85. The smallest absolute Gasteiger partial charge is 0.261 e. The van der Waals surface area contributed by atoms with E-state index in [9.17, 15) is 14.7 Å². The van der Waals surface area contributed by atoms with Gasteiger partial charge in [-0.3, -0.25) is 14.6 Å². The molecule has 164 valence electrons. The van der Waals surface area contributed by atoms with Gasteiger partial charge in [0.25, 0.3) is 5.91 Å². The van der Waals surface area contributed by atoms with Crippen molar-refractivity contribution in [3.63, 3.8) is 0 Å². The van der Waals surface area contributed by atoms with Crippen LogP contribution in [0.3, 0.4) is 0 Å². The number of nitrogens with two attached hydrogens (primary N) is 1. The highest BCUT2D eigenvalue weighted by Crippen LogP contribution is 2.37. The van der Waals surface area contributed by atoms with E-state index in [1.54, 1.807) is 18.3 Å². The molecule has 2 aliphatic rings. The zero-order chi connectivity index (χ0) is 22.0.